The van der Waals surface area contributed by atoms with Gasteiger partial charge in [0.25, 0.3) is 5.91 Å². The molecule has 0 atom stereocenters. The Morgan fingerprint density at radius 1 is 1.04 bits per heavy atom. The van der Waals surface area contributed by atoms with Crippen LogP contribution in [-0.2, 0) is 6.42 Å². The number of H-pyrrole nitrogens is 1. The average Bonchev–Trinajstić information content (AvgIpc) is 3.13. The minimum atomic E-state index is -0.223. The Morgan fingerprint density at radius 3 is 2.61 bits per heavy atom. The van der Waals surface area contributed by atoms with Gasteiger partial charge in [-0.1, -0.05) is 36.4 Å². The lowest BCUT2D eigenvalue weighted by Crippen LogP contribution is -2.14. The van der Waals surface area contributed by atoms with E-state index in [0.29, 0.717) is 18.1 Å². The summed E-state index contributed by atoms with van der Waals surface area (Å²) in [5, 5.41) is 7.32. The minimum absolute atomic E-state index is 0.223. The van der Waals surface area contributed by atoms with Gasteiger partial charge in [0, 0.05) is 41.7 Å². The predicted octanol–water partition coefficient (Wildman–Crippen LogP) is 4.17. The molecule has 0 unspecified atom stereocenters. The molecule has 0 aliphatic carbocycles. The number of para-hydroxylation sites is 2. The second-order valence-corrected chi connectivity index (χ2v) is 6.60. The number of aromatic nitrogens is 3. The fourth-order valence-corrected chi connectivity index (χ4v) is 3.09. The van der Waals surface area contributed by atoms with Crippen LogP contribution < -0.4 is 10.6 Å². The molecule has 2 aromatic heterocycles. The zero-order chi connectivity index (χ0) is 19.3. The molecule has 6 heteroatoms. The maximum Gasteiger partial charge on any atom is 0.258 e. The summed E-state index contributed by atoms with van der Waals surface area (Å²) in [6.07, 6.45) is 5.96. The highest BCUT2D eigenvalue weighted by Crippen LogP contribution is 2.18. The first-order valence-corrected chi connectivity index (χ1v) is 9.18. The number of rotatable bonds is 6. The lowest BCUT2D eigenvalue weighted by molar-refractivity contribution is 0.102. The number of aryl methyl sites for hydroxylation is 1. The first-order chi connectivity index (χ1) is 13.7. The van der Waals surface area contributed by atoms with Gasteiger partial charge >= 0.3 is 0 Å². The summed E-state index contributed by atoms with van der Waals surface area (Å²) in [6.45, 7) is 2.66. The molecule has 0 aliphatic heterocycles. The lowest BCUT2D eigenvalue weighted by atomic mass is 10.1. The molecule has 2 heterocycles. The standard InChI is InChI=1S/C22H21N5O/c1-15-6-2-4-8-19(15)27-21(28)17-13-25-22(26-14-17)23-11-10-16-12-24-20-9-5-3-7-18(16)20/h2-9,12-14,24H,10-11H2,1H3,(H,27,28)(H,23,25,26). The van der Waals surface area contributed by atoms with Gasteiger partial charge in [-0.3, -0.25) is 4.79 Å². The van der Waals surface area contributed by atoms with Gasteiger partial charge in [-0.15, -0.1) is 0 Å². The molecular formula is C22H21N5O. The number of hydrogen-bond acceptors (Lipinski definition) is 4. The Bertz CT molecular complexity index is 1100. The van der Waals surface area contributed by atoms with Gasteiger partial charge in [0.1, 0.15) is 0 Å². The van der Waals surface area contributed by atoms with Crippen LogP contribution in [0.15, 0.2) is 67.1 Å². The third kappa shape index (κ3) is 3.86. The Kier molecular flexibility index (Phi) is 5.01. The Balaban J connectivity index is 1.34. The van der Waals surface area contributed by atoms with E-state index in [4.69, 9.17) is 0 Å². The molecule has 1 amide bonds. The summed E-state index contributed by atoms with van der Waals surface area (Å²) < 4.78 is 0. The van der Waals surface area contributed by atoms with Crippen LogP contribution in [0.5, 0.6) is 0 Å². The molecule has 6 nitrogen and oxygen atoms in total. The smallest absolute Gasteiger partial charge is 0.258 e. The highest BCUT2D eigenvalue weighted by molar-refractivity contribution is 6.04. The van der Waals surface area contributed by atoms with Crippen molar-refractivity contribution in [2.24, 2.45) is 0 Å². The fourth-order valence-electron chi connectivity index (χ4n) is 3.09. The Labute approximate surface area is 163 Å². The fraction of sp³-hybridized carbons (Fsp3) is 0.136. The number of nitrogens with zero attached hydrogens (tertiary/aromatic N) is 2. The topological polar surface area (TPSA) is 82.7 Å². The van der Waals surface area contributed by atoms with Gasteiger partial charge < -0.3 is 15.6 Å². The molecule has 2 aromatic carbocycles. The lowest BCUT2D eigenvalue weighted by Gasteiger charge is -2.08. The van der Waals surface area contributed by atoms with E-state index < -0.39 is 0 Å². The molecule has 28 heavy (non-hydrogen) atoms. The zero-order valence-corrected chi connectivity index (χ0v) is 15.6. The van der Waals surface area contributed by atoms with Crippen molar-refractivity contribution in [3.63, 3.8) is 0 Å². The molecular weight excluding hydrogens is 350 g/mol. The van der Waals surface area contributed by atoms with Gasteiger partial charge in [-0.25, -0.2) is 9.97 Å². The predicted molar refractivity (Wildman–Crippen MR) is 112 cm³/mol. The van der Waals surface area contributed by atoms with E-state index in [2.05, 4.69) is 37.7 Å². The highest BCUT2D eigenvalue weighted by atomic mass is 16.1. The van der Waals surface area contributed by atoms with Crippen molar-refractivity contribution in [3.05, 3.63) is 83.8 Å². The molecule has 3 N–H and O–H groups in total. The van der Waals surface area contributed by atoms with Crippen LogP contribution in [-0.4, -0.2) is 27.4 Å². The van der Waals surface area contributed by atoms with Crippen LogP contribution in [0.2, 0.25) is 0 Å². The van der Waals surface area contributed by atoms with E-state index in [0.717, 1.165) is 23.2 Å². The number of nitrogens with one attached hydrogen (secondary N) is 3. The normalized spacial score (nSPS) is 10.8. The van der Waals surface area contributed by atoms with Gasteiger partial charge in [0.05, 0.1) is 5.56 Å². The quantitative estimate of drug-likeness (QED) is 0.475. The van der Waals surface area contributed by atoms with Gasteiger partial charge in [0.15, 0.2) is 0 Å². The van der Waals surface area contributed by atoms with Gasteiger partial charge in [0.2, 0.25) is 5.95 Å². The van der Waals surface area contributed by atoms with Crippen molar-refractivity contribution < 1.29 is 4.79 Å². The summed E-state index contributed by atoms with van der Waals surface area (Å²) >= 11 is 0. The molecule has 0 radical (unpaired) electrons. The number of aromatic amines is 1. The summed E-state index contributed by atoms with van der Waals surface area (Å²) in [5.41, 5.74) is 4.60. The summed E-state index contributed by atoms with van der Waals surface area (Å²) in [4.78, 5) is 24.1. The molecule has 4 aromatic rings. The largest absolute Gasteiger partial charge is 0.361 e. The monoisotopic (exact) mass is 371 g/mol. The number of amides is 1. The van der Waals surface area contributed by atoms with Crippen LogP contribution in [0.4, 0.5) is 11.6 Å². The number of carbonyl (C=O) groups is 1. The molecule has 0 fully saturated rings. The van der Waals surface area contributed by atoms with Gasteiger partial charge in [-0.05, 0) is 36.6 Å². The van der Waals surface area contributed by atoms with Crippen molar-refractivity contribution in [3.8, 4) is 0 Å². The molecule has 0 saturated carbocycles. The van der Waals surface area contributed by atoms with Crippen LogP contribution in [0.25, 0.3) is 10.9 Å². The van der Waals surface area contributed by atoms with Crippen molar-refractivity contribution in [1.82, 2.24) is 15.0 Å². The van der Waals surface area contributed by atoms with Crippen LogP contribution in [0.1, 0.15) is 21.5 Å². The third-order valence-electron chi connectivity index (χ3n) is 4.66. The zero-order valence-electron chi connectivity index (χ0n) is 15.6. The maximum atomic E-state index is 12.4. The Morgan fingerprint density at radius 2 is 1.79 bits per heavy atom. The number of benzene rings is 2. The summed E-state index contributed by atoms with van der Waals surface area (Å²) in [6, 6.07) is 15.9. The first kappa shape index (κ1) is 17.7. The highest BCUT2D eigenvalue weighted by Gasteiger charge is 2.09. The van der Waals surface area contributed by atoms with Crippen molar-refractivity contribution in [1.29, 1.82) is 0 Å². The summed E-state index contributed by atoms with van der Waals surface area (Å²) in [5.74, 6) is 0.284. The van der Waals surface area contributed by atoms with Crippen LogP contribution in [0, 0.1) is 6.92 Å². The molecule has 0 aliphatic rings. The van der Waals surface area contributed by atoms with Crippen molar-refractivity contribution in [2.75, 3.05) is 17.2 Å². The number of anilines is 2. The van der Waals surface area contributed by atoms with Crippen molar-refractivity contribution >= 4 is 28.4 Å². The van der Waals surface area contributed by atoms with E-state index in [-0.39, 0.29) is 5.91 Å². The second kappa shape index (κ2) is 7.92. The molecule has 0 saturated heterocycles. The molecule has 0 spiro atoms. The third-order valence-corrected chi connectivity index (χ3v) is 4.66. The summed E-state index contributed by atoms with van der Waals surface area (Å²) in [7, 11) is 0. The average molecular weight is 371 g/mol. The van der Waals surface area contributed by atoms with E-state index >= 15 is 0 Å². The van der Waals surface area contributed by atoms with Gasteiger partial charge in [-0.2, -0.15) is 0 Å². The minimum Gasteiger partial charge on any atom is -0.361 e. The van der Waals surface area contributed by atoms with E-state index in [1.165, 1.54) is 23.3 Å². The van der Waals surface area contributed by atoms with Crippen molar-refractivity contribution in [2.45, 2.75) is 13.3 Å². The van der Waals surface area contributed by atoms with Crippen LogP contribution in [0.3, 0.4) is 0 Å². The SMILES string of the molecule is Cc1ccccc1NC(=O)c1cnc(NCCc2c[nH]c3ccccc23)nc1. The molecule has 140 valence electrons. The first-order valence-electron chi connectivity index (χ1n) is 9.18. The number of hydrogen-bond donors (Lipinski definition) is 3. The second-order valence-electron chi connectivity index (χ2n) is 6.60. The Hall–Kier alpha value is -3.67. The molecule has 0 bridgehead atoms. The molecule has 4 rings (SSSR count). The van der Waals surface area contributed by atoms with E-state index in [1.807, 2.05) is 49.5 Å². The van der Waals surface area contributed by atoms with E-state index in [1.54, 1.807) is 0 Å². The number of carbonyl (C=O) groups excluding carboxylic acids is 1. The van der Waals surface area contributed by atoms with E-state index in [9.17, 15) is 4.79 Å². The number of fused-ring (bicyclic) bond motifs is 1. The maximum absolute atomic E-state index is 12.4. The van der Waals surface area contributed by atoms with Crippen LogP contribution >= 0.6 is 0 Å².